The van der Waals surface area contributed by atoms with E-state index >= 15 is 0 Å². The molecular weight excluding hydrogens is 290 g/mol. The molecule has 0 aliphatic heterocycles. The van der Waals surface area contributed by atoms with Crippen LogP contribution < -0.4 is 10.6 Å². The second-order valence-electron chi connectivity index (χ2n) is 4.38. The Bertz CT molecular complexity index is 588. The van der Waals surface area contributed by atoms with Crippen molar-refractivity contribution in [2.45, 2.75) is 0 Å². The smallest absolute Gasteiger partial charge is 0.240 e. The first-order valence-electron chi connectivity index (χ1n) is 6.23. The summed E-state index contributed by atoms with van der Waals surface area (Å²) in [6.45, 7) is 0.222. The predicted molar refractivity (Wildman–Crippen MR) is 81.1 cm³/mol. The number of amides is 2. The number of nitrogens with zero attached hydrogens (tertiary/aromatic N) is 3. The lowest BCUT2D eigenvalue weighted by molar-refractivity contribution is -0.119. The maximum Gasteiger partial charge on any atom is 0.240 e. The lowest BCUT2D eigenvalue weighted by Gasteiger charge is -2.15. The first-order chi connectivity index (χ1) is 10.1. The van der Waals surface area contributed by atoms with E-state index in [1.807, 2.05) is 18.2 Å². The van der Waals surface area contributed by atoms with E-state index in [1.54, 1.807) is 24.1 Å². The molecule has 8 heteroatoms. The number of aromatic nitrogens is 2. The molecule has 0 bridgehead atoms. The highest BCUT2D eigenvalue weighted by molar-refractivity contribution is 7.13. The van der Waals surface area contributed by atoms with Gasteiger partial charge in [0, 0.05) is 5.69 Å². The van der Waals surface area contributed by atoms with Gasteiger partial charge in [0.25, 0.3) is 0 Å². The zero-order valence-corrected chi connectivity index (χ0v) is 12.3. The van der Waals surface area contributed by atoms with Gasteiger partial charge >= 0.3 is 0 Å². The molecule has 2 rings (SSSR count). The summed E-state index contributed by atoms with van der Waals surface area (Å²) in [5.74, 6) is -0.408. The number of anilines is 2. The third-order valence-electron chi connectivity index (χ3n) is 2.49. The Morgan fingerprint density at radius 2 is 1.81 bits per heavy atom. The van der Waals surface area contributed by atoms with E-state index in [1.165, 1.54) is 16.8 Å². The first kappa shape index (κ1) is 15.1. The van der Waals surface area contributed by atoms with Crippen LogP contribution >= 0.6 is 11.3 Å². The molecule has 110 valence electrons. The fraction of sp³-hybridized carbons (Fsp3) is 0.231. The maximum absolute atomic E-state index is 11.8. The highest BCUT2D eigenvalue weighted by Gasteiger charge is 2.12. The van der Waals surface area contributed by atoms with Crippen molar-refractivity contribution >= 4 is 34.0 Å². The Kier molecular flexibility index (Phi) is 5.35. The topological polar surface area (TPSA) is 87.2 Å². The fourth-order valence-electron chi connectivity index (χ4n) is 1.65. The molecule has 1 heterocycles. The zero-order valence-electron chi connectivity index (χ0n) is 11.4. The van der Waals surface area contributed by atoms with Crippen LogP contribution in [0.25, 0.3) is 0 Å². The summed E-state index contributed by atoms with van der Waals surface area (Å²) in [6, 6.07) is 9.17. The average Bonchev–Trinajstić information content (AvgIpc) is 2.91. The van der Waals surface area contributed by atoms with Crippen LogP contribution in [0.15, 0.2) is 35.8 Å². The molecule has 2 amide bonds. The minimum atomic E-state index is -0.234. The Labute approximate surface area is 126 Å². The van der Waals surface area contributed by atoms with E-state index in [0.29, 0.717) is 5.13 Å². The van der Waals surface area contributed by atoms with Crippen LogP contribution in [0.3, 0.4) is 0 Å². The lowest BCUT2D eigenvalue weighted by Crippen LogP contribution is -2.36. The summed E-state index contributed by atoms with van der Waals surface area (Å²) in [5.41, 5.74) is 2.27. The molecular formula is C13H15N5O2S. The van der Waals surface area contributed by atoms with Crippen LogP contribution in [0.1, 0.15) is 0 Å². The van der Waals surface area contributed by atoms with Crippen molar-refractivity contribution in [2.24, 2.45) is 0 Å². The monoisotopic (exact) mass is 305 g/mol. The van der Waals surface area contributed by atoms with E-state index in [9.17, 15) is 9.59 Å². The van der Waals surface area contributed by atoms with Gasteiger partial charge in [-0.15, -0.1) is 10.2 Å². The fourth-order valence-corrected chi connectivity index (χ4v) is 2.12. The van der Waals surface area contributed by atoms with Crippen molar-refractivity contribution < 1.29 is 9.59 Å². The van der Waals surface area contributed by atoms with Gasteiger partial charge in [0.15, 0.2) is 0 Å². The molecule has 0 atom stereocenters. The summed E-state index contributed by atoms with van der Waals surface area (Å²) in [4.78, 5) is 25.2. The number of hydrogen-bond acceptors (Lipinski definition) is 6. The molecule has 7 nitrogen and oxygen atoms in total. The second-order valence-corrected chi connectivity index (χ2v) is 5.21. The predicted octanol–water partition coefficient (Wildman–Crippen LogP) is 1.05. The molecule has 0 saturated carbocycles. The standard InChI is InChI=1S/C13H15N5O2S/c1-18(8-12(20)16-13-17-14-9-21-13)7-11(19)15-10-5-3-2-4-6-10/h2-6,9H,7-8H2,1H3,(H,15,19)(H,16,17,20). The van der Waals surface area contributed by atoms with Gasteiger partial charge in [0.2, 0.25) is 16.9 Å². The summed E-state index contributed by atoms with van der Waals surface area (Å²) in [5, 5.41) is 13.2. The molecule has 0 spiro atoms. The van der Waals surface area contributed by atoms with Gasteiger partial charge < -0.3 is 5.32 Å². The van der Waals surface area contributed by atoms with Crippen LogP contribution in [-0.4, -0.2) is 47.0 Å². The van der Waals surface area contributed by atoms with Gasteiger partial charge in [-0.1, -0.05) is 29.5 Å². The number of rotatable bonds is 6. The van der Waals surface area contributed by atoms with Crippen molar-refractivity contribution in [3.8, 4) is 0 Å². The van der Waals surface area contributed by atoms with Crippen LogP contribution in [0.4, 0.5) is 10.8 Å². The second kappa shape index (κ2) is 7.46. The third-order valence-corrected chi connectivity index (χ3v) is 3.10. The van der Waals surface area contributed by atoms with Gasteiger partial charge in [-0.05, 0) is 19.2 Å². The van der Waals surface area contributed by atoms with Crippen molar-refractivity contribution in [2.75, 3.05) is 30.8 Å². The minimum absolute atomic E-state index is 0.0990. The number of likely N-dealkylation sites (N-methyl/N-ethyl adjacent to an activating group) is 1. The van der Waals surface area contributed by atoms with Gasteiger partial charge in [0.05, 0.1) is 13.1 Å². The summed E-state index contributed by atoms with van der Waals surface area (Å²) in [7, 11) is 1.70. The Hall–Kier alpha value is -2.32. The highest BCUT2D eigenvalue weighted by atomic mass is 32.1. The molecule has 2 aromatic rings. The van der Waals surface area contributed by atoms with Gasteiger partial charge in [-0.25, -0.2) is 0 Å². The van der Waals surface area contributed by atoms with Gasteiger partial charge in [0.1, 0.15) is 5.51 Å². The Morgan fingerprint density at radius 1 is 1.14 bits per heavy atom. The Morgan fingerprint density at radius 3 is 2.43 bits per heavy atom. The molecule has 0 unspecified atom stereocenters. The molecule has 0 fully saturated rings. The van der Waals surface area contributed by atoms with Crippen molar-refractivity contribution in [1.82, 2.24) is 15.1 Å². The molecule has 0 radical (unpaired) electrons. The maximum atomic E-state index is 11.8. The minimum Gasteiger partial charge on any atom is -0.325 e. The van der Waals surface area contributed by atoms with Crippen molar-refractivity contribution in [3.05, 3.63) is 35.8 Å². The quantitative estimate of drug-likeness (QED) is 0.833. The number of hydrogen-bond donors (Lipinski definition) is 2. The number of nitrogens with one attached hydrogen (secondary N) is 2. The molecule has 2 N–H and O–H groups in total. The SMILES string of the molecule is CN(CC(=O)Nc1ccccc1)CC(=O)Nc1nncs1. The molecule has 21 heavy (non-hydrogen) atoms. The van der Waals surface area contributed by atoms with E-state index in [-0.39, 0.29) is 24.9 Å². The summed E-state index contributed by atoms with van der Waals surface area (Å²) >= 11 is 1.24. The number of para-hydroxylation sites is 1. The van der Waals surface area contributed by atoms with Crippen LogP contribution in [0, 0.1) is 0 Å². The number of benzene rings is 1. The van der Waals surface area contributed by atoms with E-state index in [0.717, 1.165) is 5.69 Å². The van der Waals surface area contributed by atoms with E-state index in [4.69, 9.17) is 0 Å². The van der Waals surface area contributed by atoms with Crippen LogP contribution in [0.5, 0.6) is 0 Å². The van der Waals surface area contributed by atoms with E-state index in [2.05, 4.69) is 20.8 Å². The lowest BCUT2D eigenvalue weighted by atomic mass is 10.3. The molecule has 0 aliphatic carbocycles. The highest BCUT2D eigenvalue weighted by Crippen LogP contribution is 2.07. The normalized spacial score (nSPS) is 10.4. The molecule has 1 aromatic carbocycles. The third kappa shape index (κ3) is 5.28. The Balaban J connectivity index is 1.74. The summed E-state index contributed by atoms with van der Waals surface area (Å²) < 4.78 is 0. The molecule has 0 saturated heterocycles. The van der Waals surface area contributed by atoms with E-state index < -0.39 is 0 Å². The number of carbonyl (C=O) groups excluding carboxylic acids is 2. The average molecular weight is 305 g/mol. The summed E-state index contributed by atoms with van der Waals surface area (Å²) in [6.07, 6.45) is 0. The number of carbonyl (C=O) groups is 2. The van der Waals surface area contributed by atoms with Gasteiger partial charge in [-0.3, -0.25) is 19.8 Å². The van der Waals surface area contributed by atoms with Gasteiger partial charge in [-0.2, -0.15) is 0 Å². The van der Waals surface area contributed by atoms with Crippen LogP contribution in [0.2, 0.25) is 0 Å². The molecule has 0 aliphatic rings. The van der Waals surface area contributed by atoms with Crippen LogP contribution in [-0.2, 0) is 9.59 Å². The zero-order chi connectivity index (χ0) is 15.1. The molecule has 1 aromatic heterocycles. The van der Waals surface area contributed by atoms with Crippen molar-refractivity contribution in [3.63, 3.8) is 0 Å². The first-order valence-corrected chi connectivity index (χ1v) is 7.11. The largest absolute Gasteiger partial charge is 0.325 e. The van der Waals surface area contributed by atoms with Crippen molar-refractivity contribution in [1.29, 1.82) is 0 Å².